The Kier molecular flexibility index (Phi) is 4.39. The second-order valence-corrected chi connectivity index (χ2v) is 6.15. The molecule has 2 fully saturated rings. The van der Waals surface area contributed by atoms with Gasteiger partial charge in [-0.05, 0) is 43.6 Å². The Morgan fingerprint density at radius 1 is 1.15 bits per heavy atom. The highest BCUT2D eigenvalue weighted by atomic mass is 16.5. The quantitative estimate of drug-likeness (QED) is 0.922. The number of benzene rings is 1. The molecule has 0 radical (unpaired) electrons. The maximum absolute atomic E-state index is 10.6. The molecule has 1 aromatic carbocycles. The molecule has 2 heterocycles. The van der Waals surface area contributed by atoms with Crippen molar-refractivity contribution in [1.29, 1.82) is 0 Å². The van der Waals surface area contributed by atoms with Gasteiger partial charge in [-0.2, -0.15) is 0 Å². The molecule has 0 bridgehead atoms. The zero-order chi connectivity index (χ0) is 13.8. The fraction of sp³-hybridized carbons (Fsp3) is 0.647. The highest BCUT2D eigenvalue weighted by Gasteiger charge is 2.40. The van der Waals surface area contributed by atoms with Crippen LogP contribution in [0.3, 0.4) is 0 Å². The summed E-state index contributed by atoms with van der Waals surface area (Å²) in [5.74, 6) is 0.349. The van der Waals surface area contributed by atoms with E-state index in [1.165, 1.54) is 5.56 Å². The zero-order valence-corrected chi connectivity index (χ0v) is 12.0. The van der Waals surface area contributed by atoms with Crippen LogP contribution in [-0.2, 0) is 15.9 Å². The van der Waals surface area contributed by atoms with Gasteiger partial charge in [-0.1, -0.05) is 30.3 Å². The first-order valence-electron chi connectivity index (χ1n) is 7.71. The SMILES string of the molecule is OC(Cc1ccccc1)C1CCOC2(CCOCC2)C1. The Morgan fingerprint density at radius 3 is 2.65 bits per heavy atom. The topological polar surface area (TPSA) is 38.7 Å². The van der Waals surface area contributed by atoms with Gasteiger partial charge in [0.2, 0.25) is 0 Å². The third kappa shape index (κ3) is 3.22. The summed E-state index contributed by atoms with van der Waals surface area (Å²) in [6.45, 7) is 2.36. The third-order valence-electron chi connectivity index (χ3n) is 4.77. The molecule has 1 spiro atoms. The average molecular weight is 276 g/mol. The normalized spacial score (nSPS) is 27.4. The van der Waals surface area contributed by atoms with Gasteiger partial charge >= 0.3 is 0 Å². The van der Waals surface area contributed by atoms with Crippen LogP contribution in [0, 0.1) is 5.92 Å². The first-order chi connectivity index (χ1) is 9.77. The van der Waals surface area contributed by atoms with E-state index in [1.54, 1.807) is 0 Å². The molecule has 110 valence electrons. The van der Waals surface area contributed by atoms with Crippen LogP contribution in [0.15, 0.2) is 30.3 Å². The van der Waals surface area contributed by atoms with E-state index in [4.69, 9.17) is 9.47 Å². The van der Waals surface area contributed by atoms with Crippen molar-refractivity contribution in [2.24, 2.45) is 5.92 Å². The lowest BCUT2D eigenvalue weighted by molar-refractivity contribution is -0.158. The maximum atomic E-state index is 10.6. The number of rotatable bonds is 3. The van der Waals surface area contributed by atoms with Gasteiger partial charge in [-0.3, -0.25) is 0 Å². The number of aliphatic hydroxyl groups is 1. The third-order valence-corrected chi connectivity index (χ3v) is 4.77. The van der Waals surface area contributed by atoms with Crippen molar-refractivity contribution in [2.75, 3.05) is 19.8 Å². The van der Waals surface area contributed by atoms with E-state index in [1.807, 2.05) is 18.2 Å². The molecule has 3 heteroatoms. The summed E-state index contributed by atoms with van der Waals surface area (Å²) in [7, 11) is 0. The van der Waals surface area contributed by atoms with Crippen molar-refractivity contribution in [2.45, 2.75) is 43.8 Å². The summed E-state index contributed by atoms with van der Waals surface area (Å²) in [5.41, 5.74) is 1.19. The number of ether oxygens (including phenoxy) is 2. The summed E-state index contributed by atoms with van der Waals surface area (Å²) >= 11 is 0. The summed E-state index contributed by atoms with van der Waals surface area (Å²) < 4.78 is 11.5. The Labute approximate surface area is 120 Å². The second kappa shape index (κ2) is 6.25. The van der Waals surface area contributed by atoms with Gasteiger partial charge < -0.3 is 14.6 Å². The summed E-state index contributed by atoms with van der Waals surface area (Å²) in [5, 5.41) is 10.6. The highest BCUT2D eigenvalue weighted by Crippen LogP contribution is 2.38. The highest BCUT2D eigenvalue weighted by molar-refractivity contribution is 5.15. The average Bonchev–Trinajstić information content (AvgIpc) is 2.49. The van der Waals surface area contributed by atoms with Crippen LogP contribution in [0.1, 0.15) is 31.2 Å². The van der Waals surface area contributed by atoms with E-state index < -0.39 is 0 Å². The number of hydrogen-bond acceptors (Lipinski definition) is 3. The van der Waals surface area contributed by atoms with Gasteiger partial charge in [-0.15, -0.1) is 0 Å². The minimum atomic E-state index is -0.263. The van der Waals surface area contributed by atoms with Crippen molar-refractivity contribution in [3.63, 3.8) is 0 Å². The lowest BCUT2D eigenvalue weighted by Gasteiger charge is -2.44. The van der Waals surface area contributed by atoms with Crippen molar-refractivity contribution in [3.05, 3.63) is 35.9 Å². The molecule has 2 atom stereocenters. The van der Waals surface area contributed by atoms with Gasteiger partial charge in [0.15, 0.2) is 0 Å². The molecule has 2 unspecified atom stereocenters. The molecule has 1 N–H and O–H groups in total. The molecule has 0 saturated carbocycles. The molecule has 0 aromatic heterocycles. The van der Waals surface area contributed by atoms with Gasteiger partial charge in [-0.25, -0.2) is 0 Å². The Hall–Kier alpha value is -0.900. The van der Waals surface area contributed by atoms with E-state index in [9.17, 15) is 5.11 Å². The molecule has 2 saturated heterocycles. The Balaban J connectivity index is 1.61. The van der Waals surface area contributed by atoms with E-state index in [0.29, 0.717) is 5.92 Å². The van der Waals surface area contributed by atoms with Crippen LogP contribution in [0.25, 0.3) is 0 Å². The standard InChI is InChI=1S/C17H24O3/c18-16(12-14-4-2-1-3-5-14)15-6-9-20-17(13-15)7-10-19-11-8-17/h1-5,15-16,18H,6-13H2. The monoisotopic (exact) mass is 276 g/mol. The molecule has 3 nitrogen and oxygen atoms in total. The lowest BCUT2D eigenvalue weighted by Crippen LogP contribution is -2.47. The Bertz CT molecular complexity index is 406. The van der Waals surface area contributed by atoms with Gasteiger partial charge in [0.05, 0.1) is 11.7 Å². The van der Waals surface area contributed by atoms with Gasteiger partial charge in [0, 0.05) is 19.8 Å². The van der Waals surface area contributed by atoms with E-state index >= 15 is 0 Å². The molecular formula is C17H24O3. The van der Waals surface area contributed by atoms with Crippen LogP contribution >= 0.6 is 0 Å². The van der Waals surface area contributed by atoms with Crippen molar-refractivity contribution in [3.8, 4) is 0 Å². The van der Waals surface area contributed by atoms with Crippen LogP contribution in [0.2, 0.25) is 0 Å². The van der Waals surface area contributed by atoms with Gasteiger partial charge in [0.25, 0.3) is 0 Å². The predicted octanol–water partition coefficient (Wildman–Crippen LogP) is 2.57. The van der Waals surface area contributed by atoms with Crippen LogP contribution in [-0.4, -0.2) is 36.6 Å². The van der Waals surface area contributed by atoms with Crippen LogP contribution < -0.4 is 0 Å². The van der Waals surface area contributed by atoms with Crippen molar-refractivity contribution in [1.82, 2.24) is 0 Å². The molecule has 2 aliphatic heterocycles. The summed E-state index contributed by atoms with van der Waals surface area (Å²) in [6, 6.07) is 10.3. The number of hydrogen-bond donors (Lipinski definition) is 1. The molecular weight excluding hydrogens is 252 g/mol. The van der Waals surface area contributed by atoms with E-state index in [0.717, 1.165) is 51.9 Å². The molecule has 2 aliphatic rings. The minimum absolute atomic E-state index is 0.0289. The van der Waals surface area contributed by atoms with Crippen LogP contribution in [0.4, 0.5) is 0 Å². The fourth-order valence-electron chi connectivity index (χ4n) is 3.51. The molecule has 0 amide bonds. The Morgan fingerprint density at radius 2 is 1.90 bits per heavy atom. The minimum Gasteiger partial charge on any atom is -0.392 e. The number of aliphatic hydroxyl groups excluding tert-OH is 1. The van der Waals surface area contributed by atoms with E-state index in [-0.39, 0.29) is 11.7 Å². The van der Waals surface area contributed by atoms with Gasteiger partial charge in [0.1, 0.15) is 0 Å². The first-order valence-corrected chi connectivity index (χ1v) is 7.71. The van der Waals surface area contributed by atoms with Crippen molar-refractivity contribution >= 4 is 0 Å². The zero-order valence-electron chi connectivity index (χ0n) is 12.0. The molecule has 1 aromatic rings. The molecule has 20 heavy (non-hydrogen) atoms. The predicted molar refractivity (Wildman–Crippen MR) is 77.6 cm³/mol. The van der Waals surface area contributed by atoms with E-state index in [2.05, 4.69) is 12.1 Å². The van der Waals surface area contributed by atoms with Crippen LogP contribution in [0.5, 0.6) is 0 Å². The first kappa shape index (κ1) is 14.1. The summed E-state index contributed by atoms with van der Waals surface area (Å²) in [6.07, 6.45) is 4.38. The maximum Gasteiger partial charge on any atom is 0.0730 e. The lowest BCUT2D eigenvalue weighted by atomic mass is 9.77. The molecule has 3 rings (SSSR count). The largest absolute Gasteiger partial charge is 0.392 e. The smallest absolute Gasteiger partial charge is 0.0730 e. The fourth-order valence-corrected chi connectivity index (χ4v) is 3.51. The molecule has 0 aliphatic carbocycles. The summed E-state index contributed by atoms with van der Waals surface area (Å²) in [4.78, 5) is 0. The van der Waals surface area contributed by atoms with Crippen molar-refractivity contribution < 1.29 is 14.6 Å². The second-order valence-electron chi connectivity index (χ2n) is 6.15.